The van der Waals surface area contributed by atoms with E-state index in [1.165, 1.54) is 6.92 Å². The van der Waals surface area contributed by atoms with E-state index in [2.05, 4.69) is 0 Å². The monoisotopic (exact) mass is 274 g/mol. The predicted molar refractivity (Wildman–Crippen MR) is 57.6 cm³/mol. The second kappa shape index (κ2) is 6.17. The summed E-state index contributed by atoms with van der Waals surface area (Å²) < 4.78 is 19.2. The zero-order valence-electron chi connectivity index (χ0n) is 10.7. The highest BCUT2D eigenvalue weighted by Gasteiger charge is 2.50. The van der Waals surface area contributed by atoms with Gasteiger partial charge in [0.1, 0.15) is 6.61 Å². The van der Waals surface area contributed by atoms with Crippen LogP contribution in [-0.4, -0.2) is 48.8 Å². The van der Waals surface area contributed by atoms with Crippen molar-refractivity contribution in [3.05, 3.63) is 0 Å². The van der Waals surface area contributed by atoms with Crippen molar-refractivity contribution in [1.82, 2.24) is 0 Å². The minimum atomic E-state index is -1.35. The zero-order valence-corrected chi connectivity index (χ0v) is 10.7. The number of carbonyl (C=O) groups is 4. The molecule has 1 aliphatic rings. The van der Waals surface area contributed by atoms with Crippen molar-refractivity contribution in [3.63, 3.8) is 0 Å². The third kappa shape index (κ3) is 4.23. The number of esters is 4. The molecule has 1 heterocycles. The maximum atomic E-state index is 11.5. The molecule has 1 rings (SSSR count). The van der Waals surface area contributed by atoms with Gasteiger partial charge in [0.2, 0.25) is 6.10 Å². The molecular weight excluding hydrogens is 260 g/mol. The lowest BCUT2D eigenvalue weighted by Crippen LogP contribution is -2.40. The molecule has 3 atom stereocenters. The van der Waals surface area contributed by atoms with Crippen molar-refractivity contribution in [2.45, 2.75) is 39.1 Å². The molecule has 1 aliphatic heterocycles. The average Bonchev–Trinajstić information content (AvgIpc) is 2.53. The topological polar surface area (TPSA) is 105 Å². The summed E-state index contributed by atoms with van der Waals surface area (Å²) in [4.78, 5) is 44.1. The Hall–Kier alpha value is -2.12. The molecule has 106 valence electrons. The molecule has 0 radical (unpaired) electrons. The number of hydrogen-bond donors (Lipinski definition) is 0. The molecule has 1 saturated heterocycles. The fraction of sp³-hybridized carbons (Fsp3) is 0.636. The summed E-state index contributed by atoms with van der Waals surface area (Å²) in [5, 5.41) is 0. The number of hydrogen-bond acceptors (Lipinski definition) is 8. The first-order chi connectivity index (χ1) is 8.81. The normalized spacial score (nSPS) is 25.4. The molecule has 0 spiro atoms. The lowest BCUT2D eigenvalue weighted by molar-refractivity contribution is -0.166. The second-order valence-corrected chi connectivity index (χ2v) is 3.88. The van der Waals surface area contributed by atoms with Gasteiger partial charge in [0, 0.05) is 20.8 Å². The quantitative estimate of drug-likeness (QED) is 0.491. The summed E-state index contributed by atoms with van der Waals surface area (Å²) in [6, 6.07) is 0. The van der Waals surface area contributed by atoms with E-state index < -0.39 is 42.2 Å². The fourth-order valence-electron chi connectivity index (χ4n) is 1.56. The van der Waals surface area contributed by atoms with Gasteiger partial charge in [-0.25, -0.2) is 4.79 Å². The Bertz CT molecular complexity index is 401. The Labute approximate surface area is 108 Å². The molecule has 0 saturated carbocycles. The first kappa shape index (κ1) is 14.9. The van der Waals surface area contributed by atoms with Crippen LogP contribution in [-0.2, 0) is 38.1 Å². The van der Waals surface area contributed by atoms with Gasteiger partial charge in [0.15, 0.2) is 12.2 Å². The van der Waals surface area contributed by atoms with E-state index in [1.807, 2.05) is 0 Å². The molecule has 0 N–H and O–H groups in total. The lowest BCUT2D eigenvalue weighted by Gasteiger charge is -2.19. The van der Waals surface area contributed by atoms with E-state index in [4.69, 9.17) is 18.9 Å². The molecule has 0 aromatic heterocycles. The van der Waals surface area contributed by atoms with Crippen LogP contribution in [0.2, 0.25) is 0 Å². The largest absolute Gasteiger partial charge is 0.462 e. The number of rotatable bonds is 4. The molecule has 19 heavy (non-hydrogen) atoms. The summed E-state index contributed by atoms with van der Waals surface area (Å²) in [5.41, 5.74) is 0. The summed E-state index contributed by atoms with van der Waals surface area (Å²) in [6.45, 7) is 3.14. The van der Waals surface area contributed by atoms with Gasteiger partial charge in [-0.3, -0.25) is 14.4 Å². The molecule has 0 aromatic rings. The van der Waals surface area contributed by atoms with Crippen LogP contribution in [0.5, 0.6) is 0 Å². The maximum absolute atomic E-state index is 11.5. The van der Waals surface area contributed by atoms with Gasteiger partial charge in [-0.15, -0.1) is 0 Å². The van der Waals surface area contributed by atoms with Crippen molar-refractivity contribution in [2.75, 3.05) is 6.61 Å². The molecule has 0 aromatic carbocycles. The van der Waals surface area contributed by atoms with Crippen LogP contribution in [0, 0.1) is 0 Å². The number of ether oxygens (including phenoxy) is 4. The van der Waals surface area contributed by atoms with Crippen LogP contribution >= 0.6 is 0 Å². The molecular formula is C11H14O8. The lowest BCUT2D eigenvalue weighted by atomic mass is 10.1. The van der Waals surface area contributed by atoms with Gasteiger partial charge < -0.3 is 18.9 Å². The third-order valence-electron chi connectivity index (χ3n) is 2.21. The van der Waals surface area contributed by atoms with Crippen molar-refractivity contribution >= 4 is 23.9 Å². The van der Waals surface area contributed by atoms with Crippen molar-refractivity contribution < 1.29 is 38.1 Å². The van der Waals surface area contributed by atoms with E-state index in [9.17, 15) is 19.2 Å². The average molecular weight is 274 g/mol. The molecule has 8 heteroatoms. The first-order valence-electron chi connectivity index (χ1n) is 5.49. The minimum absolute atomic E-state index is 0.281. The summed E-state index contributed by atoms with van der Waals surface area (Å²) in [5.74, 6) is -2.81. The van der Waals surface area contributed by atoms with Crippen molar-refractivity contribution in [2.24, 2.45) is 0 Å². The second-order valence-electron chi connectivity index (χ2n) is 3.88. The van der Waals surface area contributed by atoms with E-state index in [0.29, 0.717) is 0 Å². The van der Waals surface area contributed by atoms with E-state index in [0.717, 1.165) is 13.8 Å². The van der Waals surface area contributed by atoms with Crippen LogP contribution in [0.15, 0.2) is 0 Å². The minimum Gasteiger partial charge on any atom is -0.462 e. The van der Waals surface area contributed by atoms with Crippen LogP contribution in [0.1, 0.15) is 20.8 Å². The number of carbonyl (C=O) groups excluding carboxylic acids is 4. The molecule has 8 nitrogen and oxygen atoms in total. The Kier molecular flexibility index (Phi) is 4.85. The highest BCUT2D eigenvalue weighted by atomic mass is 16.7. The van der Waals surface area contributed by atoms with Gasteiger partial charge in [-0.1, -0.05) is 0 Å². The number of cyclic esters (lactones) is 1. The summed E-state index contributed by atoms with van der Waals surface area (Å²) in [7, 11) is 0. The molecule has 0 aliphatic carbocycles. The predicted octanol–water partition coefficient (Wildman–Crippen LogP) is -0.662. The van der Waals surface area contributed by atoms with Gasteiger partial charge in [-0.2, -0.15) is 0 Å². The van der Waals surface area contributed by atoms with E-state index >= 15 is 0 Å². The van der Waals surface area contributed by atoms with Crippen LogP contribution in [0.3, 0.4) is 0 Å². The summed E-state index contributed by atoms with van der Waals surface area (Å²) in [6.07, 6.45) is -3.47. The van der Waals surface area contributed by atoms with Crippen molar-refractivity contribution in [3.8, 4) is 0 Å². The molecule has 0 unspecified atom stereocenters. The van der Waals surface area contributed by atoms with Crippen molar-refractivity contribution in [1.29, 1.82) is 0 Å². The zero-order chi connectivity index (χ0) is 14.6. The standard InChI is InChI=1S/C11H14O8/c1-5(12)16-4-8-9(17-6(2)13)10(11(15)19-8)18-7(3)14/h8-10H,4H2,1-3H3/t8-,9-,10+/m1/s1. The van der Waals surface area contributed by atoms with E-state index in [-0.39, 0.29) is 6.61 Å². The molecule has 1 fully saturated rings. The Balaban J connectivity index is 2.79. The van der Waals surface area contributed by atoms with Gasteiger partial charge in [0.05, 0.1) is 0 Å². The van der Waals surface area contributed by atoms with Gasteiger partial charge in [0.25, 0.3) is 0 Å². The molecule has 0 bridgehead atoms. The van der Waals surface area contributed by atoms with E-state index in [1.54, 1.807) is 0 Å². The fourth-order valence-corrected chi connectivity index (χ4v) is 1.56. The smallest absolute Gasteiger partial charge is 0.352 e. The van der Waals surface area contributed by atoms with Crippen LogP contribution in [0.25, 0.3) is 0 Å². The molecule has 0 amide bonds. The first-order valence-corrected chi connectivity index (χ1v) is 5.49. The SMILES string of the molecule is CC(=O)OC[C@H]1OC(=O)[C@@H](OC(C)=O)[C@@H]1OC(C)=O. The summed E-state index contributed by atoms with van der Waals surface area (Å²) >= 11 is 0. The van der Waals surface area contributed by atoms with Crippen LogP contribution < -0.4 is 0 Å². The maximum Gasteiger partial charge on any atom is 0.352 e. The van der Waals surface area contributed by atoms with Gasteiger partial charge >= 0.3 is 23.9 Å². The Morgan fingerprint density at radius 2 is 1.63 bits per heavy atom. The highest BCUT2D eigenvalue weighted by Crippen LogP contribution is 2.23. The Morgan fingerprint density at radius 1 is 1.05 bits per heavy atom. The van der Waals surface area contributed by atoms with Crippen LogP contribution in [0.4, 0.5) is 0 Å². The highest BCUT2D eigenvalue weighted by molar-refractivity contribution is 5.82. The Morgan fingerprint density at radius 3 is 2.11 bits per heavy atom. The van der Waals surface area contributed by atoms with Gasteiger partial charge in [-0.05, 0) is 0 Å². The third-order valence-corrected chi connectivity index (χ3v) is 2.21.